The average molecular weight is 325 g/mol. The van der Waals surface area contributed by atoms with Crippen molar-refractivity contribution < 1.29 is 14.3 Å². The van der Waals surface area contributed by atoms with Crippen LogP contribution in [0.3, 0.4) is 0 Å². The van der Waals surface area contributed by atoms with E-state index in [0.29, 0.717) is 29.8 Å². The van der Waals surface area contributed by atoms with Crippen molar-refractivity contribution in [3.8, 4) is 0 Å². The summed E-state index contributed by atoms with van der Waals surface area (Å²) in [4.78, 5) is 27.8. The molecule has 1 aliphatic rings. The number of Topliss-reactive ketones (excluding diaryl/α,β-unsaturated/α-hetero) is 1. The van der Waals surface area contributed by atoms with E-state index in [1.54, 1.807) is 6.92 Å². The lowest BCUT2D eigenvalue weighted by atomic mass is 9.81. The third-order valence-corrected chi connectivity index (χ3v) is 4.83. The molecule has 1 aliphatic carbocycles. The summed E-state index contributed by atoms with van der Waals surface area (Å²) in [5.74, 6) is -0.129. The number of rotatable bonds is 4. The predicted molar refractivity (Wildman–Crippen MR) is 92.7 cm³/mol. The average Bonchev–Trinajstić information content (AvgIpc) is 2.92. The summed E-state index contributed by atoms with van der Waals surface area (Å²) in [6, 6.07) is 8.48. The van der Waals surface area contributed by atoms with Crippen LogP contribution in [0.4, 0.5) is 0 Å². The first kappa shape index (κ1) is 16.5. The van der Waals surface area contributed by atoms with Crippen molar-refractivity contribution in [3.63, 3.8) is 0 Å². The van der Waals surface area contributed by atoms with Crippen molar-refractivity contribution in [2.75, 3.05) is 6.61 Å². The van der Waals surface area contributed by atoms with Crippen molar-refractivity contribution in [2.24, 2.45) is 0 Å². The van der Waals surface area contributed by atoms with E-state index in [1.807, 2.05) is 6.92 Å². The Morgan fingerprint density at radius 3 is 2.54 bits per heavy atom. The van der Waals surface area contributed by atoms with Gasteiger partial charge in [0.1, 0.15) is 5.69 Å². The maximum Gasteiger partial charge on any atom is 0.355 e. The normalized spacial score (nSPS) is 16.8. The van der Waals surface area contributed by atoms with Crippen molar-refractivity contribution in [1.29, 1.82) is 0 Å². The fourth-order valence-electron chi connectivity index (χ4n) is 3.50. The van der Waals surface area contributed by atoms with Crippen LogP contribution in [0.1, 0.15) is 69.4 Å². The van der Waals surface area contributed by atoms with Crippen LogP contribution in [0.2, 0.25) is 0 Å². The van der Waals surface area contributed by atoms with Crippen LogP contribution in [0.15, 0.2) is 24.3 Å². The first-order valence-corrected chi connectivity index (χ1v) is 8.55. The Kier molecular flexibility index (Phi) is 4.56. The van der Waals surface area contributed by atoms with E-state index in [0.717, 1.165) is 18.5 Å². The zero-order chi connectivity index (χ0) is 17.3. The van der Waals surface area contributed by atoms with Gasteiger partial charge in [-0.25, -0.2) is 4.79 Å². The summed E-state index contributed by atoms with van der Waals surface area (Å²) in [6.45, 7) is 6.04. The van der Waals surface area contributed by atoms with Gasteiger partial charge in [-0.3, -0.25) is 4.79 Å². The number of nitrogens with one attached hydrogen (secondary N) is 1. The molecule has 24 heavy (non-hydrogen) atoms. The lowest BCUT2D eigenvalue weighted by molar-refractivity contribution is 0.0519. The van der Waals surface area contributed by atoms with Gasteiger partial charge in [0.2, 0.25) is 0 Å². The summed E-state index contributed by atoms with van der Waals surface area (Å²) in [5.41, 5.74) is 5.14. The molecule has 0 spiro atoms. The monoisotopic (exact) mass is 325 g/mol. The molecule has 4 heteroatoms. The molecule has 1 heterocycles. The summed E-state index contributed by atoms with van der Waals surface area (Å²) in [5, 5.41) is 0. The van der Waals surface area contributed by atoms with Gasteiger partial charge in [0.25, 0.3) is 0 Å². The Bertz CT molecular complexity index is 771. The number of hydrogen-bond acceptors (Lipinski definition) is 3. The molecule has 0 saturated heterocycles. The highest BCUT2D eigenvalue weighted by Gasteiger charge is 2.32. The van der Waals surface area contributed by atoms with Gasteiger partial charge in [-0.05, 0) is 49.3 Å². The topological polar surface area (TPSA) is 59.2 Å². The molecule has 0 saturated carbocycles. The Morgan fingerprint density at radius 2 is 1.92 bits per heavy atom. The first-order chi connectivity index (χ1) is 11.5. The largest absolute Gasteiger partial charge is 0.461 e. The number of ketones is 1. The zero-order valence-electron chi connectivity index (χ0n) is 14.4. The summed E-state index contributed by atoms with van der Waals surface area (Å²) < 4.78 is 5.08. The Morgan fingerprint density at radius 1 is 1.21 bits per heavy atom. The first-order valence-electron chi connectivity index (χ1n) is 8.55. The molecule has 1 N–H and O–H groups in total. The maximum atomic E-state index is 12.6. The van der Waals surface area contributed by atoms with Gasteiger partial charge in [0, 0.05) is 17.7 Å². The standard InChI is InChI=1S/C20H23NO3/c1-4-13-6-8-14(9-7-13)15-10-16-18(17(22)11-15)12(3)19(21-16)20(23)24-5-2/h6-9,15,21H,4-5,10-11H2,1-3H3/t15-/m1/s1. The SMILES string of the molecule is CCOC(=O)c1[nH]c2c(c1C)C(=O)C[C@H](c1ccc(CC)cc1)C2. The van der Waals surface area contributed by atoms with E-state index < -0.39 is 0 Å². The minimum absolute atomic E-state index is 0.102. The molecule has 4 nitrogen and oxygen atoms in total. The summed E-state index contributed by atoms with van der Waals surface area (Å²) in [7, 11) is 0. The fourth-order valence-corrected chi connectivity index (χ4v) is 3.50. The summed E-state index contributed by atoms with van der Waals surface area (Å²) >= 11 is 0. The molecular formula is C20H23NO3. The van der Waals surface area contributed by atoms with Crippen LogP contribution in [0.25, 0.3) is 0 Å². The molecule has 2 aromatic rings. The van der Waals surface area contributed by atoms with Gasteiger partial charge >= 0.3 is 5.97 Å². The number of aromatic amines is 1. The molecular weight excluding hydrogens is 302 g/mol. The third-order valence-electron chi connectivity index (χ3n) is 4.83. The quantitative estimate of drug-likeness (QED) is 0.865. The molecule has 0 unspecified atom stereocenters. The molecule has 0 amide bonds. The highest BCUT2D eigenvalue weighted by Crippen LogP contribution is 2.35. The molecule has 1 aromatic carbocycles. The van der Waals surface area contributed by atoms with E-state index in [2.05, 4.69) is 36.2 Å². The Labute approximate surface area is 142 Å². The van der Waals surface area contributed by atoms with Crippen LogP contribution in [-0.4, -0.2) is 23.3 Å². The van der Waals surface area contributed by atoms with Gasteiger partial charge in [0.05, 0.1) is 6.61 Å². The van der Waals surface area contributed by atoms with Crippen molar-refractivity contribution in [1.82, 2.24) is 4.98 Å². The maximum absolute atomic E-state index is 12.6. The number of hydrogen-bond donors (Lipinski definition) is 1. The second-order valence-corrected chi connectivity index (χ2v) is 6.32. The molecule has 0 radical (unpaired) electrons. The van der Waals surface area contributed by atoms with E-state index in [-0.39, 0.29) is 17.7 Å². The number of ether oxygens (including phenoxy) is 1. The van der Waals surface area contributed by atoms with Gasteiger partial charge in [-0.2, -0.15) is 0 Å². The number of H-pyrrole nitrogens is 1. The zero-order valence-corrected chi connectivity index (χ0v) is 14.4. The van der Waals surface area contributed by atoms with Crippen molar-refractivity contribution >= 4 is 11.8 Å². The molecule has 1 atom stereocenters. The highest BCUT2D eigenvalue weighted by molar-refractivity contribution is 6.03. The lowest BCUT2D eigenvalue weighted by Gasteiger charge is -2.22. The van der Waals surface area contributed by atoms with Crippen LogP contribution in [0, 0.1) is 6.92 Å². The third kappa shape index (κ3) is 2.88. The van der Waals surface area contributed by atoms with Gasteiger partial charge in [0.15, 0.2) is 5.78 Å². The second-order valence-electron chi connectivity index (χ2n) is 6.32. The molecule has 3 rings (SSSR count). The van der Waals surface area contributed by atoms with Gasteiger partial charge < -0.3 is 9.72 Å². The predicted octanol–water partition coefficient (Wildman–Crippen LogP) is 3.97. The van der Waals surface area contributed by atoms with Crippen molar-refractivity contribution in [2.45, 2.75) is 46.0 Å². The number of benzene rings is 1. The minimum Gasteiger partial charge on any atom is -0.461 e. The molecule has 0 bridgehead atoms. The Balaban J connectivity index is 1.91. The molecule has 126 valence electrons. The number of fused-ring (bicyclic) bond motifs is 1. The molecule has 0 aliphatic heterocycles. The van der Waals surface area contributed by atoms with E-state index in [4.69, 9.17) is 4.74 Å². The van der Waals surface area contributed by atoms with Crippen LogP contribution < -0.4 is 0 Å². The van der Waals surface area contributed by atoms with Crippen molar-refractivity contribution in [3.05, 3.63) is 57.9 Å². The number of aromatic nitrogens is 1. The number of esters is 1. The minimum atomic E-state index is -0.388. The lowest BCUT2D eigenvalue weighted by Crippen LogP contribution is -2.18. The smallest absolute Gasteiger partial charge is 0.355 e. The van der Waals surface area contributed by atoms with E-state index in [1.165, 1.54) is 11.1 Å². The number of aryl methyl sites for hydroxylation is 1. The highest BCUT2D eigenvalue weighted by atomic mass is 16.5. The van der Waals surface area contributed by atoms with E-state index >= 15 is 0 Å². The van der Waals surface area contributed by atoms with Gasteiger partial charge in [-0.1, -0.05) is 31.2 Å². The number of carbonyl (C=O) groups is 2. The second kappa shape index (κ2) is 6.63. The molecule has 0 fully saturated rings. The van der Waals surface area contributed by atoms with Crippen LogP contribution >= 0.6 is 0 Å². The van der Waals surface area contributed by atoms with Gasteiger partial charge in [-0.15, -0.1) is 0 Å². The van der Waals surface area contributed by atoms with E-state index in [9.17, 15) is 9.59 Å². The summed E-state index contributed by atoms with van der Waals surface area (Å²) in [6.07, 6.45) is 2.24. The Hall–Kier alpha value is -2.36. The number of carbonyl (C=O) groups excluding carboxylic acids is 2. The van der Waals surface area contributed by atoms with Crippen LogP contribution in [0.5, 0.6) is 0 Å². The molecule has 1 aromatic heterocycles. The fraction of sp³-hybridized carbons (Fsp3) is 0.400. The van der Waals surface area contributed by atoms with Crippen LogP contribution in [-0.2, 0) is 17.6 Å².